The van der Waals surface area contributed by atoms with E-state index in [0.717, 1.165) is 0 Å². The Morgan fingerprint density at radius 3 is 2.38 bits per heavy atom. The van der Waals surface area contributed by atoms with Crippen LogP contribution in [0, 0.1) is 0 Å². The van der Waals surface area contributed by atoms with Crippen molar-refractivity contribution in [1.29, 1.82) is 0 Å². The molecule has 72 valence electrons. The fraction of sp³-hybridized carbons (Fsp3) is 0.333. The molecule has 1 rings (SSSR count). The van der Waals surface area contributed by atoms with Gasteiger partial charge in [0, 0.05) is 5.92 Å². The maximum Gasteiger partial charge on any atom is 0.0960 e. The normalized spacial score (nSPS) is 13.0. The zero-order chi connectivity index (χ0) is 10.0. The molecule has 0 N–H and O–H groups in total. The van der Waals surface area contributed by atoms with Crippen LogP contribution in [0.4, 0.5) is 4.39 Å². The molecule has 0 aliphatic heterocycles. The maximum absolute atomic E-state index is 12.3. The van der Waals surface area contributed by atoms with Crippen LogP contribution >= 0.6 is 34.8 Å². The molecule has 0 aliphatic rings. The van der Waals surface area contributed by atoms with E-state index in [-0.39, 0.29) is 5.92 Å². The van der Waals surface area contributed by atoms with Crippen molar-refractivity contribution >= 4 is 34.8 Å². The summed E-state index contributed by atoms with van der Waals surface area (Å²) in [7, 11) is 0. The molecule has 0 fully saturated rings. The van der Waals surface area contributed by atoms with Gasteiger partial charge in [-0.25, -0.2) is 0 Å². The quantitative estimate of drug-likeness (QED) is 0.657. The van der Waals surface area contributed by atoms with Gasteiger partial charge in [0.25, 0.3) is 0 Å². The van der Waals surface area contributed by atoms with Gasteiger partial charge in [0.05, 0.1) is 21.7 Å². The lowest BCUT2D eigenvalue weighted by Gasteiger charge is -2.11. The highest BCUT2D eigenvalue weighted by Crippen LogP contribution is 2.35. The first-order chi connectivity index (χ1) is 6.07. The third-order valence-corrected chi connectivity index (χ3v) is 3.14. The Labute approximate surface area is 91.6 Å². The van der Waals surface area contributed by atoms with Gasteiger partial charge in [0.1, 0.15) is 0 Å². The van der Waals surface area contributed by atoms with Crippen LogP contribution in [0.15, 0.2) is 12.1 Å². The third-order valence-electron chi connectivity index (χ3n) is 1.83. The van der Waals surface area contributed by atoms with Crippen LogP contribution in [0.5, 0.6) is 0 Å². The van der Waals surface area contributed by atoms with E-state index < -0.39 is 6.67 Å². The fourth-order valence-electron chi connectivity index (χ4n) is 1.00. The molecule has 0 saturated heterocycles. The van der Waals surface area contributed by atoms with Crippen molar-refractivity contribution in [1.82, 2.24) is 0 Å². The van der Waals surface area contributed by atoms with Crippen LogP contribution in [0.2, 0.25) is 15.1 Å². The van der Waals surface area contributed by atoms with Gasteiger partial charge in [-0.1, -0.05) is 47.8 Å². The van der Waals surface area contributed by atoms with Crippen molar-refractivity contribution in [2.45, 2.75) is 12.8 Å². The summed E-state index contributed by atoms with van der Waals surface area (Å²) >= 11 is 17.4. The van der Waals surface area contributed by atoms with Crippen molar-refractivity contribution in [2.24, 2.45) is 0 Å². The Morgan fingerprint density at radius 2 is 1.85 bits per heavy atom. The topological polar surface area (TPSA) is 0 Å². The van der Waals surface area contributed by atoms with Crippen molar-refractivity contribution in [2.75, 3.05) is 6.67 Å². The second-order valence-corrected chi connectivity index (χ2v) is 3.98. The highest BCUT2D eigenvalue weighted by atomic mass is 35.5. The Bertz CT molecular complexity index is 312. The van der Waals surface area contributed by atoms with Gasteiger partial charge in [-0.2, -0.15) is 0 Å². The van der Waals surface area contributed by atoms with Gasteiger partial charge in [0.2, 0.25) is 0 Å². The first kappa shape index (κ1) is 11.1. The highest BCUT2D eigenvalue weighted by Gasteiger charge is 2.13. The first-order valence-electron chi connectivity index (χ1n) is 3.77. The molecule has 0 heterocycles. The van der Waals surface area contributed by atoms with Crippen LogP contribution in [-0.4, -0.2) is 6.67 Å². The summed E-state index contributed by atoms with van der Waals surface area (Å²) in [4.78, 5) is 0. The van der Waals surface area contributed by atoms with E-state index in [1.807, 2.05) is 0 Å². The summed E-state index contributed by atoms with van der Waals surface area (Å²) in [5, 5.41) is 1.03. The largest absolute Gasteiger partial charge is 0.250 e. The highest BCUT2D eigenvalue weighted by molar-refractivity contribution is 6.48. The lowest BCUT2D eigenvalue weighted by atomic mass is 10.0. The van der Waals surface area contributed by atoms with Gasteiger partial charge in [-0.15, -0.1) is 0 Å². The molecule has 0 nitrogen and oxygen atoms in total. The molecule has 1 aromatic rings. The van der Waals surface area contributed by atoms with Crippen molar-refractivity contribution in [3.8, 4) is 0 Å². The van der Waals surface area contributed by atoms with Gasteiger partial charge in [-0.3, -0.25) is 4.39 Å². The van der Waals surface area contributed by atoms with E-state index in [9.17, 15) is 4.39 Å². The molecule has 0 aromatic heterocycles. The Balaban J connectivity index is 3.18. The second-order valence-electron chi connectivity index (χ2n) is 2.82. The number of halogens is 4. The number of alkyl halides is 1. The zero-order valence-electron chi connectivity index (χ0n) is 6.95. The van der Waals surface area contributed by atoms with Crippen molar-refractivity contribution < 1.29 is 4.39 Å². The molecule has 0 amide bonds. The average molecular weight is 242 g/mol. The Kier molecular flexibility index (Phi) is 3.84. The summed E-state index contributed by atoms with van der Waals surface area (Å²) in [5.41, 5.74) is 0.693. The predicted octanol–water partition coefficient (Wildman–Crippen LogP) is 4.72. The number of hydrogen-bond donors (Lipinski definition) is 0. The minimum Gasteiger partial charge on any atom is -0.250 e. The lowest BCUT2D eigenvalue weighted by Crippen LogP contribution is -1.96. The summed E-state index contributed by atoms with van der Waals surface area (Å²) in [6, 6.07) is 3.32. The molecule has 1 atom stereocenters. The van der Waals surface area contributed by atoms with Gasteiger partial charge in [-0.05, 0) is 11.6 Å². The molecule has 0 saturated carbocycles. The monoisotopic (exact) mass is 240 g/mol. The van der Waals surface area contributed by atoms with E-state index in [1.165, 1.54) is 0 Å². The fourth-order valence-corrected chi connectivity index (χ4v) is 1.73. The Hall–Kier alpha value is 0.0200. The van der Waals surface area contributed by atoms with E-state index in [0.29, 0.717) is 20.6 Å². The number of hydrogen-bond acceptors (Lipinski definition) is 0. The number of rotatable bonds is 2. The molecule has 1 aromatic carbocycles. The first-order valence-corrected chi connectivity index (χ1v) is 4.90. The second kappa shape index (κ2) is 4.50. The minimum absolute atomic E-state index is 0.248. The molecule has 0 aliphatic carbocycles. The van der Waals surface area contributed by atoms with Gasteiger partial charge < -0.3 is 0 Å². The molecule has 0 bridgehead atoms. The van der Waals surface area contributed by atoms with Gasteiger partial charge >= 0.3 is 0 Å². The van der Waals surface area contributed by atoms with Crippen molar-refractivity contribution in [3.05, 3.63) is 32.8 Å². The standard InChI is InChI=1S/C9H8Cl3F/c1-5(4-13)6-2-3-7(10)9(12)8(6)11/h2-3,5H,4H2,1H3. The van der Waals surface area contributed by atoms with E-state index in [2.05, 4.69) is 0 Å². The SMILES string of the molecule is CC(CF)c1ccc(Cl)c(Cl)c1Cl. The molecule has 4 heteroatoms. The van der Waals surface area contributed by atoms with Crippen LogP contribution in [-0.2, 0) is 0 Å². The van der Waals surface area contributed by atoms with E-state index in [4.69, 9.17) is 34.8 Å². The zero-order valence-corrected chi connectivity index (χ0v) is 9.22. The molecular weight excluding hydrogens is 233 g/mol. The van der Waals surface area contributed by atoms with E-state index >= 15 is 0 Å². The van der Waals surface area contributed by atoms with E-state index in [1.54, 1.807) is 19.1 Å². The number of benzene rings is 1. The van der Waals surface area contributed by atoms with Gasteiger partial charge in [0.15, 0.2) is 0 Å². The van der Waals surface area contributed by atoms with Crippen LogP contribution in [0.25, 0.3) is 0 Å². The van der Waals surface area contributed by atoms with Crippen LogP contribution in [0.1, 0.15) is 18.4 Å². The maximum atomic E-state index is 12.3. The average Bonchev–Trinajstić information content (AvgIpc) is 2.13. The molecule has 0 spiro atoms. The molecule has 1 unspecified atom stereocenters. The summed E-state index contributed by atoms with van der Waals surface area (Å²) in [6.07, 6.45) is 0. The predicted molar refractivity (Wildman–Crippen MR) is 55.9 cm³/mol. The summed E-state index contributed by atoms with van der Waals surface area (Å²) < 4.78 is 12.3. The Morgan fingerprint density at radius 1 is 1.23 bits per heavy atom. The van der Waals surface area contributed by atoms with Crippen LogP contribution in [0.3, 0.4) is 0 Å². The molecule has 13 heavy (non-hydrogen) atoms. The molecule has 0 radical (unpaired) electrons. The summed E-state index contributed by atoms with van der Waals surface area (Å²) in [5.74, 6) is -0.248. The third kappa shape index (κ3) is 2.28. The minimum atomic E-state index is -0.461. The van der Waals surface area contributed by atoms with Crippen LogP contribution < -0.4 is 0 Å². The lowest BCUT2D eigenvalue weighted by molar-refractivity contribution is 0.447. The smallest absolute Gasteiger partial charge is 0.0960 e. The summed E-state index contributed by atoms with van der Waals surface area (Å²) in [6.45, 7) is 1.28. The molecular formula is C9H8Cl3F. The van der Waals surface area contributed by atoms with Crippen molar-refractivity contribution in [3.63, 3.8) is 0 Å².